The molecule has 17 heavy (non-hydrogen) atoms. The second-order valence-corrected chi connectivity index (χ2v) is 7.34. The first-order chi connectivity index (χ1) is 8.06. The van der Waals surface area contributed by atoms with E-state index in [2.05, 4.69) is 81.4 Å². The van der Waals surface area contributed by atoms with Crippen LogP contribution in [-0.4, -0.2) is 0 Å². The predicted octanol–water partition coefficient (Wildman–Crippen LogP) is 5.75. The second kappa shape index (κ2) is 5.55. The number of aryl methyl sites for hydroxylation is 1. The van der Waals surface area contributed by atoms with Crippen molar-refractivity contribution < 1.29 is 0 Å². The van der Waals surface area contributed by atoms with Crippen LogP contribution in [0.15, 0.2) is 38.6 Å². The van der Waals surface area contributed by atoms with Gasteiger partial charge in [0.2, 0.25) is 0 Å². The number of hydrogen-bond acceptors (Lipinski definition) is 2. The van der Waals surface area contributed by atoms with Gasteiger partial charge < -0.3 is 5.32 Å². The van der Waals surface area contributed by atoms with Crippen LogP contribution in [0.2, 0.25) is 0 Å². The Hall–Kier alpha value is -0.320. The third-order valence-electron chi connectivity index (χ3n) is 2.52. The van der Waals surface area contributed by atoms with E-state index in [0.29, 0.717) is 6.04 Å². The van der Waals surface area contributed by atoms with Crippen LogP contribution in [0.3, 0.4) is 0 Å². The molecule has 0 saturated carbocycles. The molecule has 1 N–H and O–H groups in total. The lowest BCUT2D eigenvalue weighted by molar-refractivity contribution is 0.906. The quantitative estimate of drug-likeness (QED) is 0.720. The largest absolute Gasteiger partial charge is 0.377 e. The van der Waals surface area contributed by atoms with Gasteiger partial charge in [-0.15, -0.1) is 11.3 Å². The first-order valence-electron chi connectivity index (χ1n) is 5.34. The molecule has 1 atom stereocenters. The van der Waals surface area contributed by atoms with Gasteiger partial charge in [-0.2, -0.15) is 0 Å². The van der Waals surface area contributed by atoms with Gasteiger partial charge in [0.15, 0.2) is 0 Å². The number of benzene rings is 1. The number of rotatable bonds is 3. The van der Waals surface area contributed by atoms with E-state index in [-0.39, 0.29) is 0 Å². The van der Waals surface area contributed by atoms with Crippen LogP contribution in [0.4, 0.5) is 5.69 Å². The zero-order valence-corrected chi connectivity index (χ0v) is 13.6. The number of nitrogens with one attached hydrogen (secondary N) is 1. The number of hydrogen-bond donors (Lipinski definition) is 1. The lowest BCUT2D eigenvalue weighted by atomic mass is 10.2. The van der Waals surface area contributed by atoms with Crippen LogP contribution in [0.5, 0.6) is 0 Å². The molecular weight excluding hydrogens is 362 g/mol. The molecule has 1 aromatic heterocycles. The molecule has 1 nitrogen and oxygen atoms in total. The summed E-state index contributed by atoms with van der Waals surface area (Å²) in [5.74, 6) is 0. The van der Waals surface area contributed by atoms with Gasteiger partial charge in [-0.25, -0.2) is 0 Å². The zero-order chi connectivity index (χ0) is 12.4. The molecule has 0 aliphatic carbocycles. The Labute approximate surface area is 123 Å². The minimum absolute atomic E-state index is 0.310. The molecule has 0 aliphatic rings. The van der Waals surface area contributed by atoms with Gasteiger partial charge >= 0.3 is 0 Å². The van der Waals surface area contributed by atoms with E-state index >= 15 is 0 Å². The number of anilines is 1. The summed E-state index contributed by atoms with van der Waals surface area (Å²) in [6.45, 7) is 4.26. The van der Waals surface area contributed by atoms with Crippen molar-refractivity contribution in [1.29, 1.82) is 0 Å². The van der Waals surface area contributed by atoms with Crippen LogP contribution in [0.25, 0.3) is 0 Å². The summed E-state index contributed by atoms with van der Waals surface area (Å²) in [5, 5.41) is 3.51. The fourth-order valence-electron chi connectivity index (χ4n) is 1.60. The van der Waals surface area contributed by atoms with Gasteiger partial charge in [0.1, 0.15) is 0 Å². The Balaban J connectivity index is 2.15. The fourth-order valence-corrected chi connectivity index (χ4v) is 3.64. The standard InChI is InChI=1S/C13H13Br2NS/c1-8-3-4-11(10(14)7-8)16-9(2)12-5-6-13(15)17-12/h3-7,9,16H,1-2H3. The summed E-state index contributed by atoms with van der Waals surface area (Å²) in [6, 6.07) is 10.9. The average Bonchev–Trinajstić information content (AvgIpc) is 2.69. The third-order valence-corrected chi connectivity index (χ3v) is 4.98. The molecule has 2 aromatic rings. The van der Waals surface area contributed by atoms with Crippen molar-refractivity contribution >= 4 is 48.9 Å². The molecule has 0 bridgehead atoms. The average molecular weight is 375 g/mol. The van der Waals surface area contributed by atoms with Crippen molar-refractivity contribution in [3.63, 3.8) is 0 Å². The first kappa shape index (κ1) is 13.1. The van der Waals surface area contributed by atoms with E-state index in [1.165, 1.54) is 14.2 Å². The van der Waals surface area contributed by atoms with Gasteiger partial charge in [0.25, 0.3) is 0 Å². The lowest BCUT2D eigenvalue weighted by Gasteiger charge is -2.15. The van der Waals surface area contributed by atoms with Crippen LogP contribution in [-0.2, 0) is 0 Å². The highest BCUT2D eigenvalue weighted by atomic mass is 79.9. The Morgan fingerprint density at radius 3 is 2.53 bits per heavy atom. The van der Waals surface area contributed by atoms with Crippen molar-refractivity contribution in [2.75, 3.05) is 5.32 Å². The second-order valence-electron chi connectivity index (χ2n) is 3.99. The minimum Gasteiger partial charge on any atom is -0.377 e. The Morgan fingerprint density at radius 1 is 1.18 bits per heavy atom. The number of thiophene rings is 1. The number of halogens is 2. The molecule has 1 heterocycles. The summed E-state index contributed by atoms with van der Waals surface area (Å²) in [4.78, 5) is 1.32. The highest BCUT2D eigenvalue weighted by Crippen LogP contribution is 2.31. The van der Waals surface area contributed by atoms with Crippen LogP contribution >= 0.6 is 43.2 Å². The Morgan fingerprint density at radius 2 is 1.94 bits per heavy atom. The molecule has 90 valence electrons. The van der Waals surface area contributed by atoms with Gasteiger partial charge in [0, 0.05) is 15.0 Å². The molecule has 0 amide bonds. The maximum absolute atomic E-state index is 3.58. The summed E-state index contributed by atoms with van der Waals surface area (Å²) in [7, 11) is 0. The first-order valence-corrected chi connectivity index (χ1v) is 7.74. The molecule has 0 fully saturated rings. The predicted molar refractivity (Wildman–Crippen MR) is 82.9 cm³/mol. The smallest absolute Gasteiger partial charge is 0.0702 e. The molecule has 0 radical (unpaired) electrons. The SMILES string of the molecule is Cc1ccc(NC(C)c2ccc(Br)s2)c(Br)c1. The van der Waals surface area contributed by atoms with E-state index in [0.717, 1.165) is 10.2 Å². The highest BCUT2D eigenvalue weighted by Gasteiger charge is 2.09. The van der Waals surface area contributed by atoms with E-state index in [1.807, 2.05) is 0 Å². The summed E-state index contributed by atoms with van der Waals surface area (Å²) >= 11 is 8.84. The van der Waals surface area contributed by atoms with Gasteiger partial charge in [-0.1, -0.05) is 6.07 Å². The van der Waals surface area contributed by atoms with Gasteiger partial charge in [-0.05, 0) is 75.5 Å². The Bertz CT molecular complexity index is 522. The molecule has 1 unspecified atom stereocenters. The molecule has 1 aromatic carbocycles. The molecule has 0 spiro atoms. The van der Waals surface area contributed by atoms with Gasteiger partial charge in [0.05, 0.1) is 9.83 Å². The van der Waals surface area contributed by atoms with Crippen molar-refractivity contribution in [1.82, 2.24) is 0 Å². The minimum atomic E-state index is 0.310. The molecule has 0 aliphatic heterocycles. The highest BCUT2D eigenvalue weighted by molar-refractivity contribution is 9.11. The van der Waals surface area contributed by atoms with E-state index in [4.69, 9.17) is 0 Å². The topological polar surface area (TPSA) is 12.0 Å². The van der Waals surface area contributed by atoms with Crippen LogP contribution < -0.4 is 5.32 Å². The summed E-state index contributed by atoms with van der Waals surface area (Å²) < 4.78 is 2.28. The van der Waals surface area contributed by atoms with E-state index in [1.54, 1.807) is 11.3 Å². The molecule has 2 rings (SSSR count). The summed E-state index contributed by atoms with van der Waals surface area (Å²) in [6.07, 6.45) is 0. The van der Waals surface area contributed by atoms with Crippen molar-refractivity contribution in [2.45, 2.75) is 19.9 Å². The van der Waals surface area contributed by atoms with Crippen molar-refractivity contribution in [2.24, 2.45) is 0 Å². The lowest BCUT2D eigenvalue weighted by Crippen LogP contribution is -2.05. The maximum atomic E-state index is 3.58. The molecule has 4 heteroatoms. The Kier molecular flexibility index (Phi) is 4.28. The third kappa shape index (κ3) is 3.33. The van der Waals surface area contributed by atoms with Crippen LogP contribution in [0, 0.1) is 6.92 Å². The van der Waals surface area contributed by atoms with E-state index < -0.39 is 0 Å². The van der Waals surface area contributed by atoms with E-state index in [9.17, 15) is 0 Å². The molecule has 0 saturated heterocycles. The van der Waals surface area contributed by atoms with Crippen molar-refractivity contribution in [3.05, 3.63) is 49.0 Å². The molecular formula is C13H13Br2NS. The van der Waals surface area contributed by atoms with Crippen LogP contribution in [0.1, 0.15) is 23.4 Å². The fraction of sp³-hybridized carbons (Fsp3) is 0.231. The normalized spacial score (nSPS) is 12.5. The zero-order valence-electron chi connectivity index (χ0n) is 9.63. The van der Waals surface area contributed by atoms with Gasteiger partial charge in [-0.3, -0.25) is 0 Å². The maximum Gasteiger partial charge on any atom is 0.0702 e. The monoisotopic (exact) mass is 373 g/mol. The van der Waals surface area contributed by atoms with Crippen molar-refractivity contribution in [3.8, 4) is 0 Å². The summed E-state index contributed by atoms with van der Waals surface area (Å²) in [5.41, 5.74) is 2.39.